The van der Waals surface area contributed by atoms with E-state index in [9.17, 15) is 0 Å². The molecule has 0 saturated carbocycles. The van der Waals surface area contributed by atoms with E-state index >= 15 is 0 Å². The molecular formula is C7H14N2. The number of nitrogens with one attached hydrogen (secondary N) is 2. The van der Waals surface area contributed by atoms with E-state index in [-0.39, 0.29) is 0 Å². The highest BCUT2D eigenvalue weighted by Crippen LogP contribution is 1.59. The van der Waals surface area contributed by atoms with Crippen molar-refractivity contribution in [2.75, 3.05) is 19.8 Å². The first-order chi connectivity index (χ1) is 4.41. The second kappa shape index (κ2) is 7.40. The molecule has 2 N–H and O–H groups in total. The van der Waals surface area contributed by atoms with Crippen molar-refractivity contribution in [3.63, 3.8) is 0 Å². The third-order valence-electron chi connectivity index (χ3n) is 0.827. The van der Waals surface area contributed by atoms with Crippen molar-refractivity contribution in [2.45, 2.75) is 0 Å². The second-order valence-electron chi connectivity index (χ2n) is 1.66. The van der Waals surface area contributed by atoms with Gasteiger partial charge in [-0.25, -0.2) is 0 Å². The summed E-state index contributed by atoms with van der Waals surface area (Å²) in [4.78, 5) is 0. The average molecular weight is 126 g/mol. The van der Waals surface area contributed by atoms with Gasteiger partial charge in [0, 0.05) is 19.8 Å². The van der Waals surface area contributed by atoms with Crippen molar-refractivity contribution in [2.24, 2.45) is 0 Å². The summed E-state index contributed by atoms with van der Waals surface area (Å²) in [5.74, 6) is 0. The molecule has 0 spiro atoms. The van der Waals surface area contributed by atoms with Crippen molar-refractivity contribution in [3.8, 4) is 0 Å². The van der Waals surface area contributed by atoms with E-state index in [0.29, 0.717) is 0 Å². The molecule has 2 nitrogen and oxygen atoms in total. The lowest BCUT2D eigenvalue weighted by atomic mass is 10.6. The lowest BCUT2D eigenvalue weighted by Crippen LogP contribution is -2.28. The van der Waals surface area contributed by atoms with Gasteiger partial charge in [0.15, 0.2) is 0 Å². The summed E-state index contributed by atoms with van der Waals surface area (Å²) in [6.45, 7) is 9.66. The normalized spacial score (nSPS) is 8.89. The molecule has 0 aliphatic rings. The first kappa shape index (κ1) is 8.40. The highest BCUT2D eigenvalue weighted by atomic mass is 15.0. The molecule has 0 saturated heterocycles. The minimum Gasteiger partial charge on any atom is -0.301 e. The van der Waals surface area contributed by atoms with Gasteiger partial charge in [-0.05, 0) is 0 Å². The molecule has 0 rings (SSSR count). The third-order valence-corrected chi connectivity index (χ3v) is 0.827. The highest BCUT2D eigenvalue weighted by molar-refractivity contribution is 4.71. The molecule has 0 aromatic rings. The SMILES string of the molecule is C=CCNCNCC=C. The Morgan fingerprint density at radius 2 is 1.44 bits per heavy atom. The Balaban J connectivity index is 2.74. The van der Waals surface area contributed by atoms with Gasteiger partial charge in [0.2, 0.25) is 0 Å². The molecule has 0 unspecified atom stereocenters. The van der Waals surface area contributed by atoms with Crippen LogP contribution in [0.1, 0.15) is 0 Å². The van der Waals surface area contributed by atoms with E-state index in [1.807, 2.05) is 12.2 Å². The maximum absolute atomic E-state index is 3.57. The van der Waals surface area contributed by atoms with Crippen molar-refractivity contribution < 1.29 is 0 Å². The second-order valence-corrected chi connectivity index (χ2v) is 1.66. The monoisotopic (exact) mass is 126 g/mol. The van der Waals surface area contributed by atoms with E-state index in [0.717, 1.165) is 19.8 Å². The van der Waals surface area contributed by atoms with Gasteiger partial charge in [0.1, 0.15) is 0 Å². The van der Waals surface area contributed by atoms with Crippen LogP contribution < -0.4 is 10.6 Å². The number of rotatable bonds is 6. The molecule has 9 heavy (non-hydrogen) atoms. The third kappa shape index (κ3) is 7.40. The van der Waals surface area contributed by atoms with E-state index in [4.69, 9.17) is 0 Å². The summed E-state index contributed by atoms with van der Waals surface area (Å²) < 4.78 is 0. The minimum absolute atomic E-state index is 0.817. The number of hydrogen-bond acceptors (Lipinski definition) is 2. The molecule has 0 fully saturated rings. The fraction of sp³-hybridized carbons (Fsp3) is 0.429. The molecule has 2 heteroatoms. The fourth-order valence-corrected chi connectivity index (χ4v) is 0.437. The van der Waals surface area contributed by atoms with Crippen LogP contribution in [0.2, 0.25) is 0 Å². The molecular weight excluding hydrogens is 112 g/mol. The molecule has 0 atom stereocenters. The van der Waals surface area contributed by atoms with E-state index in [2.05, 4.69) is 23.8 Å². The van der Waals surface area contributed by atoms with E-state index < -0.39 is 0 Å². The first-order valence-corrected chi connectivity index (χ1v) is 3.05. The lowest BCUT2D eigenvalue weighted by Gasteiger charge is -1.99. The van der Waals surface area contributed by atoms with Crippen LogP contribution in [0, 0.1) is 0 Å². The maximum atomic E-state index is 3.57. The highest BCUT2D eigenvalue weighted by Gasteiger charge is 1.77. The van der Waals surface area contributed by atoms with Gasteiger partial charge in [-0.15, -0.1) is 13.2 Å². The van der Waals surface area contributed by atoms with Gasteiger partial charge in [-0.3, -0.25) is 0 Å². The summed E-state index contributed by atoms with van der Waals surface area (Å²) in [5.41, 5.74) is 0. The van der Waals surface area contributed by atoms with Crippen LogP contribution in [0.3, 0.4) is 0 Å². The van der Waals surface area contributed by atoms with Crippen LogP contribution >= 0.6 is 0 Å². The standard InChI is InChI=1S/C7H14N2/c1-3-5-8-7-9-6-4-2/h3-4,8-9H,1-2,5-7H2. The van der Waals surface area contributed by atoms with Crippen LogP contribution in [-0.4, -0.2) is 19.8 Å². The molecule has 0 aromatic carbocycles. The molecule has 52 valence electrons. The predicted molar refractivity (Wildman–Crippen MR) is 41.3 cm³/mol. The van der Waals surface area contributed by atoms with Crippen molar-refractivity contribution in [1.82, 2.24) is 10.6 Å². The van der Waals surface area contributed by atoms with Crippen molar-refractivity contribution >= 4 is 0 Å². The van der Waals surface area contributed by atoms with Gasteiger partial charge >= 0.3 is 0 Å². The van der Waals surface area contributed by atoms with Crippen LogP contribution in [0.5, 0.6) is 0 Å². The van der Waals surface area contributed by atoms with Crippen LogP contribution in [0.15, 0.2) is 25.3 Å². The molecule has 0 aromatic heterocycles. The minimum atomic E-state index is 0.817. The van der Waals surface area contributed by atoms with Gasteiger partial charge in [0.25, 0.3) is 0 Å². The summed E-state index contributed by atoms with van der Waals surface area (Å²) in [5, 5.41) is 6.19. The van der Waals surface area contributed by atoms with Crippen LogP contribution in [-0.2, 0) is 0 Å². The Morgan fingerprint density at radius 3 is 1.78 bits per heavy atom. The molecule has 0 amide bonds. The summed E-state index contributed by atoms with van der Waals surface area (Å²) in [6, 6.07) is 0. The van der Waals surface area contributed by atoms with Gasteiger partial charge in [-0.2, -0.15) is 0 Å². The van der Waals surface area contributed by atoms with Crippen LogP contribution in [0.25, 0.3) is 0 Å². The zero-order valence-electron chi connectivity index (χ0n) is 5.69. The quantitative estimate of drug-likeness (QED) is 0.307. The topological polar surface area (TPSA) is 24.1 Å². The van der Waals surface area contributed by atoms with Crippen molar-refractivity contribution in [1.29, 1.82) is 0 Å². The summed E-state index contributed by atoms with van der Waals surface area (Å²) in [7, 11) is 0. The predicted octanol–water partition coefficient (Wildman–Crippen LogP) is 0.495. The zero-order chi connectivity index (χ0) is 6.95. The summed E-state index contributed by atoms with van der Waals surface area (Å²) >= 11 is 0. The Bertz CT molecular complexity index is 69.0. The Kier molecular flexibility index (Phi) is 6.91. The van der Waals surface area contributed by atoms with Crippen molar-refractivity contribution in [3.05, 3.63) is 25.3 Å². The van der Waals surface area contributed by atoms with Gasteiger partial charge in [0.05, 0.1) is 0 Å². The lowest BCUT2D eigenvalue weighted by molar-refractivity contribution is 0.648. The fourth-order valence-electron chi connectivity index (χ4n) is 0.437. The zero-order valence-corrected chi connectivity index (χ0v) is 5.69. The number of hydrogen-bond donors (Lipinski definition) is 2. The average Bonchev–Trinajstić information content (AvgIpc) is 1.89. The Morgan fingerprint density at radius 1 is 1.00 bits per heavy atom. The van der Waals surface area contributed by atoms with Crippen LogP contribution in [0.4, 0.5) is 0 Å². The van der Waals surface area contributed by atoms with E-state index in [1.54, 1.807) is 0 Å². The molecule has 0 bridgehead atoms. The largest absolute Gasteiger partial charge is 0.301 e. The smallest absolute Gasteiger partial charge is 0.0459 e. The van der Waals surface area contributed by atoms with E-state index in [1.165, 1.54) is 0 Å². The van der Waals surface area contributed by atoms with Gasteiger partial charge in [-0.1, -0.05) is 12.2 Å². The molecule has 0 heterocycles. The first-order valence-electron chi connectivity index (χ1n) is 3.05. The maximum Gasteiger partial charge on any atom is 0.0459 e. The summed E-state index contributed by atoms with van der Waals surface area (Å²) in [6.07, 6.45) is 3.66. The Labute approximate surface area is 56.6 Å². The Hall–Kier alpha value is -0.600. The molecule has 0 radical (unpaired) electrons. The van der Waals surface area contributed by atoms with Gasteiger partial charge < -0.3 is 10.6 Å². The molecule has 0 aliphatic carbocycles. The molecule has 0 aliphatic heterocycles.